The van der Waals surface area contributed by atoms with Crippen molar-refractivity contribution in [3.05, 3.63) is 63.7 Å². The molecule has 0 atom stereocenters. The summed E-state index contributed by atoms with van der Waals surface area (Å²) in [6.45, 7) is 4.75. The Hall–Kier alpha value is -1.66. The molecule has 26 heavy (non-hydrogen) atoms. The highest BCUT2D eigenvalue weighted by Gasteiger charge is 2.19. The predicted molar refractivity (Wildman–Crippen MR) is 109 cm³/mol. The van der Waals surface area contributed by atoms with Gasteiger partial charge in [-0.05, 0) is 18.2 Å². The molecular weight excluding hydrogens is 387 g/mol. The quantitative estimate of drug-likeness (QED) is 0.622. The summed E-state index contributed by atoms with van der Waals surface area (Å²) in [6, 6.07) is 11.7. The second-order valence-corrected chi connectivity index (χ2v) is 7.92. The summed E-state index contributed by atoms with van der Waals surface area (Å²) in [6.07, 6.45) is 1.70. The van der Waals surface area contributed by atoms with Crippen LogP contribution in [0.25, 0.3) is 10.6 Å². The molecule has 4 nitrogen and oxygen atoms in total. The fourth-order valence-electron chi connectivity index (χ4n) is 3.06. The first-order chi connectivity index (χ1) is 12.7. The summed E-state index contributed by atoms with van der Waals surface area (Å²) in [5.41, 5.74) is 2.10. The molecule has 0 unspecified atom stereocenters. The number of hydrogen-bond acceptors (Lipinski definition) is 5. The third kappa shape index (κ3) is 4.01. The lowest BCUT2D eigenvalue weighted by molar-refractivity contribution is 0.247. The molecule has 1 aliphatic heterocycles. The highest BCUT2D eigenvalue weighted by atomic mass is 35.5. The smallest absolute Gasteiger partial charge is 0.128 e. The van der Waals surface area contributed by atoms with Gasteiger partial charge in [-0.2, -0.15) is 0 Å². The van der Waals surface area contributed by atoms with Crippen molar-refractivity contribution in [3.63, 3.8) is 0 Å². The SMILES string of the molecule is Clc1ccc(N2CCN(Cc3csc(-c4ccccc4Cl)n3)CC2)nc1. The molecule has 0 spiro atoms. The molecule has 0 saturated carbocycles. The molecule has 0 radical (unpaired) electrons. The maximum absolute atomic E-state index is 6.28. The molecule has 0 N–H and O–H groups in total. The lowest BCUT2D eigenvalue weighted by Gasteiger charge is -2.35. The average Bonchev–Trinajstić information content (AvgIpc) is 3.12. The number of pyridine rings is 1. The first-order valence-electron chi connectivity index (χ1n) is 8.47. The minimum absolute atomic E-state index is 0.672. The Labute approximate surface area is 167 Å². The van der Waals surface area contributed by atoms with E-state index in [0.29, 0.717) is 5.02 Å². The van der Waals surface area contributed by atoms with Gasteiger partial charge in [-0.15, -0.1) is 11.3 Å². The van der Waals surface area contributed by atoms with E-state index in [4.69, 9.17) is 28.2 Å². The number of thiazole rings is 1. The maximum Gasteiger partial charge on any atom is 0.128 e. The molecular formula is C19H18Cl2N4S. The van der Waals surface area contributed by atoms with Crippen LogP contribution in [0.4, 0.5) is 5.82 Å². The number of piperazine rings is 1. The number of aromatic nitrogens is 2. The first kappa shape index (κ1) is 17.7. The van der Waals surface area contributed by atoms with Crippen LogP contribution in [0.2, 0.25) is 10.0 Å². The van der Waals surface area contributed by atoms with E-state index in [-0.39, 0.29) is 0 Å². The first-order valence-corrected chi connectivity index (χ1v) is 10.1. The number of benzene rings is 1. The van der Waals surface area contributed by atoms with E-state index in [1.54, 1.807) is 17.5 Å². The Balaban J connectivity index is 1.36. The van der Waals surface area contributed by atoms with Crippen LogP contribution in [0, 0.1) is 0 Å². The van der Waals surface area contributed by atoms with Crippen LogP contribution in [-0.2, 0) is 6.54 Å². The normalized spacial score (nSPS) is 15.4. The summed E-state index contributed by atoms with van der Waals surface area (Å²) < 4.78 is 0. The number of nitrogens with zero attached hydrogens (tertiary/aromatic N) is 4. The van der Waals surface area contributed by atoms with Crippen LogP contribution < -0.4 is 4.90 Å². The number of hydrogen-bond donors (Lipinski definition) is 0. The minimum atomic E-state index is 0.672. The Kier molecular flexibility index (Phi) is 5.41. The van der Waals surface area contributed by atoms with Gasteiger partial charge < -0.3 is 4.90 Å². The van der Waals surface area contributed by atoms with Gasteiger partial charge >= 0.3 is 0 Å². The van der Waals surface area contributed by atoms with Crippen LogP contribution in [0.15, 0.2) is 48.0 Å². The number of rotatable bonds is 4. The van der Waals surface area contributed by atoms with E-state index in [0.717, 1.165) is 59.8 Å². The Morgan fingerprint density at radius 2 is 1.81 bits per heavy atom. The lowest BCUT2D eigenvalue weighted by atomic mass is 10.2. The molecule has 134 valence electrons. The summed E-state index contributed by atoms with van der Waals surface area (Å²) in [7, 11) is 0. The highest BCUT2D eigenvalue weighted by molar-refractivity contribution is 7.13. The largest absolute Gasteiger partial charge is 0.354 e. The molecule has 1 aliphatic rings. The fourth-order valence-corrected chi connectivity index (χ4v) is 4.30. The van der Waals surface area contributed by atoms with Gasteiger partial charge in [0.2, 0.25) is 0 Å². The van der Waals surface area contributed by atoms with Crippen molar-refractivity contribution < 1.29 is 0 Å². The van der Waals surface area contributed by atoms with Crippen LogP contribution >= 0.6 is 34.5 Å². The minimum Gasteiger partial charge on any atom is -0.354 e. The van der Waals surface area contributed by atoms with Crippen molar-refractivity contribution >= 4 is 40.4 Å². The van der Waals surface area contributed by atoms with Crippen molar-refractivity contribution in [2.75, 3.05) is 31.1 Å². The van der Waals surface area contributed by atoms with Gasteiger partial charge in [0.25, 0.3) is 0 Å². The third-order valence-electron chi connectivity index (χ3n) is 4.45. The fraction of sp³-hybridized carbons (Fsp3) is 0.263. The van der Waals surface area contributed by atoms with Crippen molar-refractivity contribution in [1.29, 1.82) is 0 Å². The van der Waals surface area contributed by atoms with E-state index < -0.39 is 0 Å². The molecule has 0 bridgehead atoms. The average molecular weight is 405 g/mol. The molecule has 3 aromatic rings. The molecule has 0 aliphatic carbocycles. The number of anilines is 1. The molecule has 0 amide bonds. The van der Waals surface area contributed by atoms with Crippen LogP contribution in [0.5, 0.6) is 0 Å². The summed E-state index contributed by atoms with van der Waals surface area (Å²) in [4.78, 5) is 13.9. The Morgan fingerprint density at radius 3 is 2.54 bits per heavy atom. The number of halogens is 2. The van der Waals surface area contributed by atoms with Gasteiger partial charge in [0.05, 0.1) is 15.7 Å². The second-order valence-electron chi connectivity index (χ2n) is 6.22. The monoisotopic (exact) mass is 404 g/mol. The highest BCUT2D eigenvalue weighted by Crippen LogP contribution is 2.30. The van der Waals surface area contributed by atoms with Gasteiger partial charge in [-0.25, -0.2) is 9.97 Å². The van der Waals surface area contributed by atoms with Crippen LogP contribution in [0.3, 0.4) is 0 Å². The molecule has 2 aromatic heterocycles. The maximum atomic E-state index is 6.28. The van der Waals surface area contributed by atoms with Gasteiger partial charge in [-0.3, -0.25) is 4.90 Å². The molecule has 4 rings (SSSR count). The molecule has 3 heterocycles. The van der Waals surface area contributed by atoms with Crippen molar-refractivity contribution in [2.45, 2.75) is 6.54 Å². The van der Waals surface area contributed by atoms with E-state index in [1.165, 1.54) is 0 Å². The third-order valence-corrected chi connectivity index (χ3v) is 5.93. The molecule has 1 aromatic carbocycles. The van der Waals surface area contributed by atoms with Gasteiger partial charge in [0.15, 0.2) is 0 Å². The van der Waals surface area contributed by atoms with E-state index in [2.05, 4.69) is 20.2 Å². The summed E-state index contributed by atoms with van der Waals surface area (Å²) in [5.74, 6) is 0.990. The summed E-state index contributed by atoms with van der Waals surface area (Å²) >= 11 is 13.8. The standard InChI is InChI=1S/C19H18Cl2N4S/c20-14-5-6-18(22-11-14)25-9-7-24(8-10-25)12-15-13-26-19(23-15)16-3-1-2-4-17(16)21/h1-6,11,13H,7-10,12H2. The zero-order valence-corrected chi connectivity index (χ0v) is 16.4. The van der Waals surface area contributed by atoms with Crippen LogP contribution in [-0.4, -0.2) is 41.0 Å². The summed E-state index contributed by atoms with van der Waals surface area (Å²) in [5, 5.41) is 4.53. The van der Waals surface area contributed by atoms with Crippen molar-refractivity contribution in [1.82, 2.24) is 14.9 Å². The van der Waals surface area contributed by atoms with Crippen LogP contribution in [0.1, 0.15) is 5.69 Å². The van der Waals surface area contributed by atoms with Crippen molar-refractivity contribution in [2.24, 2.45) is 0 Å². The van der Waals surface area contributed by atoms with Crippen molar-refractivity contribution in [3.8, 4) is 10.6 Å². The van der Waals surface area contributed by atoms with E-state index >= 15 is 0 Å². The Bertz CT molecular complexity index is 873. The van der Waals surface area contributed by atoms with Gasteiger partial charge in [0, 0.05) is 49.9 Å². The van der Waals surface area contributed by atoms with Gasteiger partial charge in [-0.1, -0.05) is 41.4 Å². The zero-order chi connectivity index (χ0) is 17.9. The zero-order valence-electron chi connectivity index (χ0n) is 14.1. The van der Waals surface area contributed by atoms with E-state index in [9.17, 15) is 0 Å². The lowest BCUT2D eigenvalue weighted by Crippen LogP contribution is -2.46. The van der Waals surface area contributed by atoms with Gasteiger partial charge in [0.1, 0.15) is 10.8 Å². The topological polar surface area (TPSA) is 32.3 Å². The molecule has 7 heteroatoms. The molecule has 1 saturated heterocycles. The second kappa shape index (κ2) is 7.92. The molecule has 1 fully saturated rings. The van der Waals surface area contributed by atoms with E-state index in [1.807, 2.05) is 36.4 Å². The predicted octanol–water partition coefficient (Wildman–Crippen LogP) is 4.83. The Morgan fingerprint density at radius 1 is 1.00 bits per heavy atom.